The predicted molar refractivity (Wildman–Crippen MR) is 63.3 cm³/mol. The summed E-state index contributed by atoms with van der Waals surface area (Å²) in [6, 6.07) is 2.90. The third kappa shape index (κ3) is 4.60. The molecule has 0 aliphatic heterocycles. The summed E-state index contributed by atoms with van der Waals surface area (Å²) in [6.07, 6.45) is 0. The number of carbonyl (C=O) groups is 1. The van der Waals surface area contributed by atoms with Crippen molar-refractivity contribution in [2.45, 2.75) is 0 Å². The number of aliphatic hydroxyl groups is 1. The summed E-state index contributed by atoms with van der Waals surface area (Å²) in [4.78, 5) is 21.2. The maximum atomic E-state index is 13.1. The fraction of sp³-hybridized carbons (Fsp3) is 0.364. The molecule has 0 saturated heterocycles. The van der Waals surface area contributed by atoms with Crippen LogP contribution in [-0.4, -0.2) is 42.3 Å². The van der Waals surface area contributed by atoms with Crippen LogP contribution in [0.4, 0.5) is 10.1 Å². The Kier molecular flexibility index (Phi) is 5.83. The Morgan fingerprint density at radius 2 is 2.21 bits per heavy atom. The molecule has 1 amide bonds. The Balaban J connectivity index is 2.57. The SMILES string of the molecule is O=C(NCCOCCO)c1ccc(F)c([N+](=O)[O-])c1. The van der Waals surface area contributed by atoms with Crippen LogP contribution in [-0.2, 0) is 4.74 Å². The first-order valence-corrected chi connectivity index (χ1v) is 5.47. The Morgan fingerprint density at radius 3 is 2.84 bits per heavy atom. The van der Waals surface area contributed by atoms with E-state index in [9.17, 15) is 19.3 Å². The van der Waals surface area contributed by atoms with E-state index in [0.29, 0.717) is 0 Å². The van der Waals surface area contributed by atoms with E-state index in [1.165, 1.54) is 0 Å². The van der Waals surface area contributed by atoms with E-state index in [1.54, 1.807) is 0 Å². The minimum Gasteiger partial charge on any atom is -0.394 e. The fourth-order valence-corrected chi connectivity index (χ4v) is 1.30. The van der Waals surface area contributed by atoms with E-state index in [-0.39, 0.29) is 31.9 Å². The van der Waals surface area contributed by atoms with Crippen LogP contribution in [0, 0.1) is 15.9 Å². The van der Waals surface area contributed by atoms with Gasteiger partial charge in [-0.05, 0) is 12.1 Å². The molecule has 19 heavy (non-hydrogen) atoms. The lowest BCUT2D eigenvalue weighted by molar-refractivity contribution is -0.387. The van der Waals surface area contributed by atoms with E-state index < -0.39 is 22.3 Å². The van der Waals surface area contributed by atoms with E-state index in [1.807, 2.05) is 0 Å². The van der Waals surface area contributed by atoms with Gasteiger partial charge in [-0.25, -0.2) is 0 Å². The molecule has 1 rings (SSSR count). The first-order valence-electron chi connectivity index (χ1n) is 5.47. The summed E-state index contributed by atoms with van der Waals surface area (Å²) >= 11 is 0. The molecule has 7 nitrogen and oxygen atoms in total. The van der Waals surface area contributed by atoms with Crippen molar-refractivity contribution in [3.05, 3.63) is 39.7 Å². The number of carbonyl (C=O) groups excluding carboxylic acids is 1. The first-order chi connectivity index (χ1) is 9.06. The van der Waals surface area contributed by atoms with Crippen molar-refractivity contribution in [1.82, 2.24) is 5.32 Å². The van der Waals surface area contributed by atoms with Gasteiger partial charge in [0, 0.05) is 18.2 Å². The van der Waals surface area contributed by atoms with Crippen LogP contribution < -0.4 is 5.32 Å². The number of ether oxygens (including phenoxy) is 1. The molecule has 0 bridgehead atoms. The smallest absolute Gasteiger partial charge is 0.305 e. The molecule has 104 valence electrons. The number of benzene rings is 1. The highest BCUT2D eigenvalue weighted by molar-refractivity contribution is 5.94. The second kappa shape index (κ2) is 7.39. The van der Waals surface area contributed by atoms with Crippen molar-refractivity contribution in [2.75, 3.05) is 26.4 Å². The molecule has 8 heteroatoms. The van der Waals surface area contributed by atoms with Gasteiger partial charge in [0.1, 0.15) is 0 Å². The van der Waals surface area contributed by atoms with Crippen LogP contribution in [0.3, 0.4) is 0 Å². The standard InChI is InChI=1S/C11H13FN2O5/c12-9-2-1-8(7-10(9)14(17)18)11(16)13-3-5-19-6-4-15/h1-2,7,15H,3-6H2,(H,13,16). The second-order valence-electron chi connectivity index (χ2n) is 3.52. The number of hydrogen-bond acceptors (Lipinski definition) is 5. The largest absolute Gasteiger partial charge is 0.394 e. The number of hydrogen-bond donors (Lipinski definition) is 2. The van der Waals surface area contributed by atoms with Gasteiger partial charge in [-0.3, -0.25) is 14.9 Å². The average molecular weight is 272 g/mol. The number of rotatable bonds is 7. The number of amides is 1. The molecule has 0 aromatic heterocycles. The molecule has 0 aliphatic rings. The highest BCUT2D eigenvalue weighted by Crippen LogP contribution is 2.18. The van der Waals surface area contributed by atoms with Gasteiger partial charge in [-0.1, -0.05) is 0 Å². The van der Waals surface area contributed by atoms with Crippen molar-refractivity contribution >= 4 is 11.6 Å². The maximum absolute atomic E-state index is 13.1. The highest BCUT2D eigenvalue weighted by Gasteiger charge is 2.17. The molecule has 0 spiro atoms. The molecule has 0 fully saturated rings. The second-order valence-corrected chi connectivity index (χ2v) is 3.52. The van der Waals surface area contributed by atoms with E-state index in [2.05, 4.69) is 5.32 Å². The summed E-state index contributed by atoms with van der Waals surface area (Å²) in [5, 5.41) is 21.4. The molecule has 0 atom stereocenters. The normalized spacial score (nSPS) is 10.2. The number of nitrogens with zero attached hydrogens (tertiary/aromatic N) is 1. The van der Waals surface area contributed by atoms with Crippen LogP contribution >= 0.6 is 0 Å². The Morgan fingerprint density at radius 1 is 1.47 bits per heavy atom. The number of nitrogens with one attached hydrogen (secondary N) is 1. The van der Waals surface area contributed by atoms with Crippen molar-refractivity contribution in [1.29, 1.82) is 0 Å². The summed E-state index contributed by atoms with van der Waals surface area (Å²) in [5.41, 5.74) is -0.751. The van der Waals surface area contributed by atoms with Gasteiger partial charge >= 0.3 is 5.69 Å². The number of aliphatic hydroxyl groups excluding tert-OH is 1. The molecular formula is C11H13FN2O5. The third-order valence-electron chi connectivity index (χ3n) is 2.17. The lowest BCUT2D eigenvalue weighted by atomic mass is 10.2. The summed E-state index contributed by atoms with van der Waals surface area (Å²) in [6.45, 7) is 0.440. The van der Waals surface area contributed by atoms with Gasteiger partial charge in [0.25, 0.3) is 5.91 Å². The molecule has 0 heterocycles. The van der Waals surface area contributed by atoms with Crippen LogP contribution in [0.2, 0.25) is 0 Å². The fourth-order valence-electron chi connectivity index (χ4n) is 1.30. The van der Waals surface area contributed by atoms with E-state index in [0.717, 1.165) is 18.2 Å². The van der Waals surface area contributed by atoms with E-state index in [4.69, 9.17) is 9.84 Å². The topological polar surface area (TPSA) is 102 Å². The van der Waals surface area contributed by atoms with Gasteiger partial charge < -0.3 is 15.2 Å². The van der Waals surface area contributed by atoms with Crippen LogP contribution in [0.1, 0.15) is 10.4 Å². The van der Waals surface area contributed by atoms with Gasteiger partial charge in [0.15, 0.2) is 0 Å². The molecule has 0 radical (unpaired) electrons. The van der Waals surface area contributed by atoms with Crippen molar-refractivity contribution < 1.29 is 24.0 Å². The Labute approximate surface area is 108 Å². The summed E-state index contributed by atoms with van der Waals surface area (Å²) < 4.78 is 18.0. The van der Waals surface area contributed by atoms with Crippen molar-refractivity contribution in [3.8, 4) is 0 Å². The third-order valence-corrected chi connectivity index (χ3v) is 2.17. The van der Waals surface area contributed by atoms with Gasteiger partial charge in [-0.15, -0.1) is 0 Å². The van der Waals surface area contributed by atoms with Crippen LogP contribution in [0.5, 0.6) is 0 Å². The van der Waals surface area contributed by atoms with Crippen molar-refractivity contribution in [3.63, 3.8) is 0 Å². The molecule has 1 aromatic carbocycles. The molecule has 0 saturated carbocycles. The lowest BCUT2D eigenvalue weighted by Crippen LogP contribution is -2.27. The number of nitro groups is 1. The summed E-state index contributed by atoms with van der Waals surface area (Å²) in [7, 11) is 0. The quantitative estimate of drug-likeness (QED) is 0.427. The van der Waals surface area contributed by atoms with Crippen molar-refractivity contribution in [2.24, 2.45) is 0 Å². The molecule has 0 aliphatic carbocycles. The van der Waals surface area contributed by atoms with Crippen LogP contribution in [0.15, 0.2) is 18.2 Å². The zero-order valence-corrected chi connectivity index (χ0v) is 9.97. The highest BCUT2D eigenvalue weighted by atomic mass is 19.1. The van der Waals surface area contributed by atoms with Crippen LogP contribution in [0.25, 0.3) is 0 Å². The molecule has 2 N–H and O–H groups in total. The predicted octanol–water partition coefficient (Wildman–Crippen LogP) is 0.473. The molecule has 0 unspecified atom stereocenters. The zero-order chi connectivity index (χ0) is 14.3. The maximum Gasteiger partial charge on any atom is 0.305 e. The number of nitro benzene ring substituents is 1. The first kappa shape index (κ1) is 15.0. The minimum atomic E-state index is -0.993. The van der Waals surface area contributed by atoms with Gasteiger partial charge in [0.2, 0.25) is 5.82 Å². The zero-order valence-electron chi connectivity index (χ0n) is 9.97. The van der Waals surface area contributed by atoms with E-state index >= 15 is 0 Å². The van der Waals surface area contributed by atoms with Gasteiger partial charge in [0.05, 0.1) is 24.7 Å². The molecule has 1 aromatic rings. The average Bonchev–Trinajstić information content (AvgIpc) is 2.38. The lowest BCUT2D eigenvalue weighted by Gasteiger charge is -2.05. The Hall–Kier alpha value is -2.06. The number of halogens is 1. The Bertz CT molecular complexity index is 466. The summed E-state index contributed by atoms with van der Waals surface area (Å²) in [5.74, 6) is -1.55. The molecular weight excluding hydrogens is 259 g/mol. The minimum absolute atomic E-state index is 0.00439. The monoisotopic (exact) mass is 272 g/mol. The van der Waals surface area contributed by atoms with Gasteiger partial charge in [-0.2, -0.15) is 4.39 Å².